The zero-order chi connectivity index (χ0) is 26.4. The molecule has 1 heterocycles. The van der Waals surface area contributed by atoms with Gasteiger partial charge in [0.2, 0.25) is 11.8 Å². The second-order valence-corrected chi connectivity index (χ2v) is 9.57. The molecule has 3 aromatic rings. The lowest BCUT2D eigenvalue weighted by molar-refractivity contribution is -0.118. The summed E-state index contributed by atoms with van der Waals surface area (Å²) in [4.78, 5) is 50.5. The minimum Gasteiger partial charge on any atom is -0.326 e. The molecule has 11 heteroatoms. The van der Waals surface area contributed by atoms with Gasteiger partial charge in [-0.15, -0.1) is 11.8 Å². The Morgan fingerprint density at radius 2 is 1.67 bits per heavy atom. The van der Waals surface area contributed by atoms with Gasteiger partial charge >= 0.3 is 5.69 Å². The minimum atomic E-state index is -0.404. The number of benzene rings is 2. The highest BCUT2D eigenvalue weighted by molar-refractivity contribution is 7.97. The van der Waals surface area contributed by atoms with Crippen molar-refractivity contribution in [1.29, 1.82) is 5.26 Å². The number of carbonyl (C=O) groups excluding carboxylic acids is 2. The molecule has 0 aliphatic carbocycles. The molecule has 0 spiro atoms. The number of nitrogens with zero attached hydrogens (tertiary/aromatic N) is 3. The summed E-state index contributed by atoms with van der Waals surface area (Å²) < 4.78 is 2.71. The van der Waals surface area contributed by atoms with Crippen molar-refractivity contribution in [2.24, 2.45) is 5.92 Å². The van der Waals surface area contributed by atoms with Gasteiger partial charge in [-0.1, -0.05) is 18.5 Å². The van der Waals surface area contributed by atoms with E-state index in [2.05, 4.69) is 10.6 Å². The van der Waals surface area contributed by atoms with Gasteiger partial charge in [0.15, 0.2) is 0 Å². The smallest absolute Gasteiger partial charge is 0.326 e. The molecule has 2 amide bonds. The maximum Gasteiger partial charge on any atom is 0.332 e. The Balaban J connectivity index is 1.68. The fourth-order valence-electron chi connectivity index (χ4n) is 3.85. The summed E-state index contributed by atoms with van der Waals surface area (Å²) in [5, 5.41) is 15.0. The van der Waals surface area contributed by atoms with Crippen LogP contribution in [0.2, 0.25) is 5.02 Å². The third-order valence-corrected chi connectivity index (χ3v) is 6.35. The largest absolute Gasteiger partial charge is 0.332 e. The van der Waals surface area contributed by atoms with Crippen molar-refractivity contribution in [3.05, 3.63) is 67.8 Å². The lowest BCUT2D eigenvalue weighted by Crippen LogP contribution is -2.39. The number of rotatable bonds is 9. The second-order valence-electron chi connectivity index (χ2n) is 8.33. The Morgan fingerprint density at radius 3 is 2.22 bits per heavy atom. The van der Waals surface area contributed by atoms with E-state index in [-0.39, 0.29) is 47.8 Å². The topological polar surface area (TPSA) is 126 Å². The van der Waals surface area contributed by atoms with E-state index in [1.54, 1.807) is 38.1 Å². The molecular weight excluding hydrogens is 502 g/mol. The molecule has 0 saturated heterocycles. The number of aromatic nitrogens is 2. The number of nitriles is 1. The van der Waals surface area contributed by atoms with E-state index in [4.69, 9.17) is 16.9 Å². The van der Waals surface area contributed by atoms with Gasteiger partial charge in [-0.3, -0.25) is 23.5 Å². The van der Waals surface area contributed by atoms with E-state index < -0.39 is 5.56 Å². The van der Waals surface area contributed by atoms with Gasteiger partial charge in [-0.25, -0.2) is 4.79 Å². The number of hydrogen-bond donors (Lipinski definition) is 2. The van der Waals surface area contributed by atoms with Crippen LogP contribution >= 0.6 is 23.4 Å². The summed E-state index contributed by atoms with van der Waals surface area (Å²) >= 11 is 7.46. The molecule has 36 heavy (non-hydrogen) atoms. The van der Waals surface area contributed by atoms with Crippen LogP contribution in [0.15, 0.2) is 46.0 Å². The standard InChI is InChI=1S/C25H26ClN5O4S/c1-4-30-24(34)19-11-17(7-8-21(19)31(14-36-3)25(30)35)28-22(32)9-15(2)10-23(33)29-18-6-5-16(13-27)20(26)12-18/h5-8,11-12,15H,4,9-10,14H2,1-3H3,(H,28,32)(H,29,33). The van der Waals surface area contributed by atoms with Gasteiger partial charge < -0.3 is 10.6 Å². The van der Waals surface area contributed by atoms with Gasteiger partial charge in [0.05, 0.1) is 27.4 Å². The number of thioether (sulfide) groups is 1. The Labute approximate surface area is 217 Å². The van der Waals surface area contributed by atoms with Crippen molar-refractivity contribution in [1.82, 2.24) is 9.13 Å². The highest BCUT2D eigenvalue weighted by atomic mass is 35.5. The summed E-state index contributed by atoms with van der Waals surface area (Å²) in [6.45, 7) is 3.76. The van der Waals surface area contributed by atoms with Crippen LogP contribution in [-0.4, -0.2) is 27.2 Å². The van der Waals surface area contributed by atoms with Crippen LogP contribution < -0.4 is 21.9 Å². The summed E-state index contributed by atoms with van der Waals surface area (Å²) in [7, 11) is 0. The zero-order valence-corrected chi connectivity index (χ0v) is 21.7. The molecule has 0 saturated carbocycles. The maximum absolute atomic E-state index is 12.8. The van der Waals surface area contributed by atoms with Crippen LogP contribution in [0.1, 0.15) is 32.3 Å². The first-order valence-corrected chi connectivity index (χ1v) is 13.0. The predicted molar refractivity (Wildman–Crippen MR) is 143 cm³/mol. The van der Waals surface area contributed by atoms with Crippen LogP contribution in [-0.2, 0) is 22.0 Å². The number of fused-ring (bicyclic) bond motifs is 1. The van der Waals surface area contributed by atoms with Crippen molar-refractivity contribution in [2.45, 2.75) is 39.1 Å². The average molecular weight is 528 g/mol. The lowest BCUT2D eigenvalue weighted by Gasteiger charge is -2.14. The second kappa shape index (κ2) is 11.9. The van der Waals surface area contributed by atoms with Crippen molar-refractivity contribution < 1.29 is 9.59 Å². The first-order valence-electron chi connectivity index (χ1n) is 11.2. The van der Waals surface area contributed by atoms with Crippen LogP contribution in [0.4, 0.5) is 11.4 Å². The molecule has 188 valence electrons. The van der Waals surface area contributed by atoms with Gasteiger partial charge in [-0.05, 0) is 55.5 Å². The Morgan fingerprint density at radius 1 is 1.06 bits per heavy atom. The molecular formula is C25H26ClN5O4S. The van der Waals surface area contributed by atoms with Crippen LogP contribution in [0, 0.1) is 17.2 Å². The van der Waals surface area contributed by atoms with E-state index in [9.17, 15) is 19.2 Å². The molecule has 0 bridgehead atoms. The molecule has 1 aromatic heterocycles. The first kappa shape index (κ1) is 27.0. The predicted octanol–water partition coefficient (Wildman–Crippen LogP) is 4.02. The summed E-state index contributed by atoms with van der Waals surface area (Å²) in [5.41, 5.74) is 0.958. The van der Waals surface area contributed by atoms with Gasteiger partial charge in [-0.2, -0.15) is 5.26 Å². The third kappa shape index (κ3) is 6.17. The Bertz CT molecular complexity index is 1470. The molecule has 0 aliphatic heterocycles. The summed E-state index contributed by atoms with van der Waals surface area (Å²) in [6.07, 6.45) is 2.06. The van der Waals surface area contributed by atoms with Crippen molar-refractivity contribution in [2.75, 3.05) is 16.9 Å². The van der Waals surface area contributed by atoms with Crippen molar-refractivity contribution >= 4 is 57.5 Å². The molecule has 1 atom stereocenters. The first-order chi connectivity index (χ1) is 17.2. The normalized spacial score (nSPS) is 11.6. The van der Waals surface area contributed by atoms with Gasteiger partial charge in [0, 0.05) is 30.8 Å². The molecule has 0 fully saturated rings. The van der Waals surface area contributed by atoms with E-state index in [1.807, 2.05) is 12.3 Å². The Hall–Kier alpha value is -3.55. The van der Waals surface area contributed by atoms with E-state index in [1.165, 1.54) is 33.0 Å². The molecule has 1 unspecified atom stereocenters. The fraction of sp³-hybridized carbons (Fsp3) is 0.320. The van der Waals surface area contributed by atoms with Crippen molar-refractivity contribution in [3.8, 4) is 6.07 Å². The number of hydrogen-bond acceptors (Lipinski definition) is 6. The Kier molecular flexibility index (Phi) is 8.96. The van der Waals surface area contributed by atoms with Crippen LogP contribution in [0.3, 0.4) is 0 Å². The molecule has 2 aromatic carbocycles. The molecule has 2 N–H and O–H groups in total. The van der Waals surface area contributed by atoms with E-state index in [0.717, 1.165) is 0 Å². The van der Waals surface area contributed by atoms with Crippen LogP contribution in [0.5, 0.6) is 0 Å². The number of anilines is 2. The molecule has 0 aliphatic rings. The SMILES string of the molecule is CCn1c(=O)c2cc(NC(=O)CC(C)CC(=O)Nc3ccc(C#N)c(Cl)c3)ccc2n(CSC)c1=O. The van der Waals surface area contributed by atoms with E-state index in [0.29, 0.717) is 33.7 Å². The van der Waals surface area contributed by atoms with Gasteiger partial charge in [0.1, 0.15) is 6.07 Å². The van der Waals surface area contributed by atoms with Crippen LogP contribution in [0.25, 0.3) is 10.9 Å². The van der Waals surface area contributed by atoms with Gasteiger partial charge in [0.25, 0.3) is 5.56 Å². The molecule has 0 radical (unpaired) electrons. The lowest BCUT2D eigenvalue weighted by atomic mass is 10.0. The third-order valence-electron chi connectivity index (χ3n) is 5.52. The minimum absolute atomic E-state index is 0.0880. The number of nitrogens with one attached hydrogen (secondary N) is 2. The number of amides is 2. The number of carbonyl (C=O) groups is 2. The quantitative estimate of drug-likeness (QED) is 0.433. The highest BCUT2D eigenvalue weighted by Crippen LogP contribution is 2.21. The maximum atomic E-state index is 12.8. The van der Waals surface area contributed by atoms with E-state index >= 15 is 0 Å². The summed E-state index contributed by atoms with van der Waals surface area (Å²) in [6, 6.07) is 11.4. The summed E-state index contributed by atoms with van der Waals surface area (Å²) in [5.74, 6) is -0.448. The monoisotopic (exact) mass is 527 g/mol. The molecule has 3 rings (SSSR count). The van der Waals surface area contributed by atoms with Crippen molar-refractivity contribution in [3.63, 3.8) is 0 Å². The highest BCUT2D eigenvalue weighted by Gasteiger charge is 2.16. The zero-order valence-electron chi connectivity index (χ0n) is 20.1. The average Bonchev–Trinajstić information content (AvgIpc) is 2.82. The molecule has 9 nitrogen and oxygen atoms in total. The number of halogens is 1. The fourth-order valence-corrected chi connectivity index (χ4v) is 4.58.